The molecule has 0 spiro atoms. The summed E-state index contributed by atoms with van der Waals surface area (Å²) >= 11 is 0. The van der Waals surface area contributed by atoms with Crippen molar-refractivity contribution in [1.29, 1.82) is 0 Å². The predicted octanol–water partition coefficient (Wildman–Crippen LogP) is 7.15. The summed E-state index contributed by atoms with van der Waals surface area (Å²) in [5.74, 6) is 0. The van der Waals surface area contributed by atoms with Gasteiger partial charge in [-0.25, -0.2) is 9.59 Å². The number of urea groups is 1. The Kier molecular flexibility index (Phi) is 10.9. The number of para-hydroxylation sites is 1. The Bertz CT molecular complexity index is 1540. The van der Waals surface area contributed by atoms with Crippen LogP contribution in [0.4, 0.5) is 41.6 Å². The first-order valence-corrected chi connectivity index (χ1v) is 17.6. The Morgan fingerprint density at radius 3 is 2.16 bits per heavy atom. The van der Waals surface area contributed by atoms with Crippen LogP contribution in [0.5, 0.6) is 0 Å². The second-order valence-corrected chi connectivity index (χ2v) is 14.0. The van der Waals surface area contributed by atoms with Crippen LogP contribution >= 0.6 is 0 Å². The molecule has 2 aromatic carbocycles. The number of likely N-dealkylation sites (tertiary alicyclic amines) is 3. The molecule has 4 aliphatic heterocycles. The number of anilines is 1. The second-order valence-electron chi connectivity index (χ2n) is 14.0. The maximum atomic E-state index is 13.9. The number of aldehydes is 1. The average Bonchev–Trinajstić information content (AvgIpc) is 3.28. The number of amides is 3. The molecule has 0 unspecified atom stereocenters. The molecule has 0 saturated carbocycles. The standard InChI is InChI=1S/C36H43F6N5O4/c37-35(38,39)27-20-25(21-28(22-27)36(40,41)42)24-51-33(50)47-18-11-30(46-17-8-26-6-2-3-7-31(26)43-32(46)49)23-34(47,12-19-48)45-15-9-29(10-16-45)44-13-4-1-5-14-44/h2-3,6-7,19-22,29-30H,1,4-5,8-18,23-24H2,(H,43,49)/t30-,34+/m1/s1. The van der Waals surface area contributed by atoms with Gasteiger partial charge in [0.25, 0.3) is 0 Å². The van der Waals surface area contributed by atoms with Crippen molar-refractivity contribution in [2.45, 2.75) is 94.5 Å². The molecule has 2 atom stereocenters. The van der Waals surface area contributed by atoms with E-state index in [1.165, 1.54) is 11.3 Å². The second kappa shape index (κ2) is 15.0. The van der Waals surface area contributed by atoms with Gasteiger partial charge in [0, 0.05) is 56.8 Å². The molecule has 3 fully saturated rings. The van der Waals surface area contributed by atoms with Crippen LogP contribution in [0.2, 0.25) is 0 Å². The molecule has 9 nitrogen and oxygen atoms in total. The highest BCUT2D eigenvalue weighted by Crippen LogP contribution is 2.41. The number of nitrogens with one attached hydrogen (secondary N) is 1. The van der Waals surface area contributed by atoms with Crippen LogP contribution in [0, 0.1) is 0 Å². The van der Waals surface area contributed by atoms with Crippen molar-refractivity contribution in [2.75, 3.05) is 44.6 Å². The van der Waals surface area contributed by atoms with Gasteiger partial charge in [0.2, 0.25) is 0 Å². The summed E-state index contributed by atoms with van der Waals surface area (Å²) in [7, 11) is 0. The van der Waals surface area contributed by atoms with Crippen molar-refractivity contribution in [2.24, 2.45) is 0 Å². The Morgan fingerprint density at radius 1 is 0.863 bits per heavy atom. The van der Waals surface area contributed by atoms with Gasteiger partial charge < -0.3 is 24.6 Å². The van der Waals surface area contributed by atoms with Gasteiger partial charge in [-0.05, 0) is 87.0 Å². The smallest absolute Gasteiger partial charge is 0.416 e. The maximum Gasteiger partial charge on any atom is 0.416 e. The van der Waals surface area contributed by atoms with Gasteiger partial charge in [0.1, 0.15) is 18.6 Å². The summed E-state index contributed by atoms with van der Waals surface area (Å²) in [5.41, 5.74) is -3.02. The number of piperidine rings is 3. The molecule has 4 aliphatic rings. The summed E-state index contributed by atoms with van der Waals surface area (Å²) in [6, 6.07) is 8.29. The largest absolute Gasteiger partial charge is 0.445 e. The fourth-order valence-corrected chi connectivity index (χ4v) is 8.35. The van der Waals surface area contributed by atoms with Crippen LogP contribution in [0.1, 0.15) is 73.6 Å². The SMILES string of the molecule is O=CC[C@@]1(N2CCC(N3CCCCC3)CC2)C[C@H](N2CCc3ccccc3NC2=O)CCN1C(=O)OCc1cc(C(F)(F)F)cc(C(F)(F)F)c1. The predicted molar refractivity (Wildman–Crippen MR) is 176 cm³/mol. The number of nitrogens with zero attached hydrogens (tertiary/aromatic N) is 4. The van der Waals surface area contributed by atoms with Crippen LogP contribution in [0.15, 0.2) is 42.5 Å². The van der Waals surface area contributed by atoms with Crippen molar-refractivity contribution in [3.05, 3.63) is 64.7 Å². The zero-order valence-corrected chi connectivity index (χ0v) is 28.3. The lowest BCUT2D eigenvalue weighted by Gasteiger charge is -2.57. The van der Waals surface area contributed by atoms with Gasteiger partial charge in [-0.3, -0.25) is 9.80 Å². The highest BCUT2D eigenvalue weighted by molar-refractivity contribution is 5.91. The lowest BCUT2D eigenvalue weighted by molar-refractivity contribution is -0.143. The van der Waals surface area contributed by atoms with E-state index >= 15 is 0 Å². The molecular formula is C36H43F6N5O4. The number of carbonyl (C=O) groups is 3. The van der Waals surface area contributed by atoms with E-state index < -0.39 is 47.4 Å². The fraction of sp³-hybridized carbons (Fsp3) is 0.583. The van der Waals surface area contributed by atoms with Gasteiger partial charge in [0.15, 0.2) is 0 Å². The summed E-state index contributed by atoms with van der Waals surface area (Å²) < 4.78 is 86.6. The van der Waals surface area contributed by atoms with Crippen LogP contribution in [-0.4, -0.2) is 95.0 Å². The number of benzene rings is 2. The quantitative estimate of drug-likeness (QED) is 0.242. The van der Waals surface area contributed by atoms with Crippen molar-refractivity contribution < 1.29 is 45.5 Å². The van der Waals surface area contributed by atoms with Crippen molar-refractivity contribution in [3.8, 4) is 0 Å². The number of carbonyl (C=O) groups excluding carboxylic acids is 3. The van der Waals surface area contributed by atoms with E-state index in [2.05, 4.69) is 15.1 Å². The average molecular weight is 724 g/mol. The van der Waals surface area contributed by atoms with Crippen LogP contribution in [-0.2, 0) is 34.9 Å². The van der Waals surface area contributed by atoms with Gasteiger partial charge in [0.05, 0.1) is 11.1 Å². The number of alkyl halides is 6. The minimum atomic E-state index is -5.05. The van der Waals surface area contributed by atoms with Crippen molar-refractivity contribution in [3.63, 3.8) is 0 Å². The minimum Gasteiger partial charge on any atom is -0.445 e. The molecule has 4 heterocycles. The zero-order chi connectivity index (χ0) is 36.4. The molecule has 1 N–H and O–H groups in total. The van der Waals surface area contributed by atoms with E-state index in [-0.39, 0.29) is 37.5 Å². The summed E-state index contributed by atoms with van der Waals surface area (Å²) in [5, 5.41) is 2.99. The van der Waals surface area contributed by atoms with Gasteiger partial charge >= 0.3 is 24.5 Å². The Hall–Kier alpha value is -3.85. The molecular weight excluding hydrogens is 680 g/mol. The van der Waals surface area contributed by atoms with Crippen LogP contribution < -0.4 is 5.32 Å². The Balaban J connectivity index is 1.26. The molecule has 3 saturated heterocycles. The van der Waals surface area contributed by atoms with E-state index in [4.69, 9.17) is 4.74 Å². The Labute approximate surface area is 292 Å². The van der Waals surface area contributed by atoms with E-state index in [0.29, 0.717) is 56.3 Å². The van der Waals surface area contributed by atoms with Crippen molar-refractivity contribution in [1.82, 2.24) is 19.6 Å². The lowest BCUT2D eigenvalue weighted by atomic mass is 9.84. The number of fused-ring (bicyclic) bond motifs is 1. The molecule has 51 heavy (non-hydrogen) atoms. The third-order valence-corrected chi connectivity index (χ3v) is 10.9. The van der Waals surface area contributed by atoms with Gasteiger partial charge in [-0.2, -0.15) is 26.3 Å². The fourth-order valence-electron chi connectivity index (χ4n) is 8.35. The number of halogens is 6. The molecule has 6 rings (SSSR count). The molecule has 3 amide bonds. The Morgan fingerprint density at radius 2 is 1.51 bits per heavy atom. The monoisotopic (exact) mass is 723 g/mol. The van der Waals surface area contributed by atoms with E-state index in [9.17, 15) is 40.7 Å². The highest BCUT2D eigenvalue weighted by Gasteiger charge is 2.52. The molecule has 2 aromatic rings. The number of ether oxygens (including phenoxy) is 1. The molecule has 0 radical (unpaired) electrons. The van der Waals surface area contributed by atoms with Crippen LogP contribution in [0.25, 0.3) is 0 Å². The van der Waals surface area contributed by atoms with Crippen molar-refractivity contribution >= 4 is 24.1 Å². The molecule has 15 heteroatoms. The first kappa shape index (κ1) is 36.9. The highest BCUT2D eigenvalue weighted by atomic mass is 19.4. The molecule has 0 aliphatic carbocycles. The number of hydrogen-bond acceptors (Lipinski definition) is 6. The first-order valence-electron chi connectivity index (χ1n) is 17.6. The zero-order valence-electron chi connectivity index (χ0n) is 28.3. The van der Waals surface area contributed by atoms with Crippen LogP contribution in [0.3, 0.4) is 0 Å². The molecule has 0 aromatic heterocycles. The third kappa shape index (κ3) is 8.14. The first-order chi connectivity index (χ1) is 24.3. The summed E-state index contributed by atoms with van der Waals surface area (Å²) in [4.78, 5) is 47.7. The maximum absolute atomic E-state index is 13.9. The molecule has 278 valence electrons. The van der Waals surface area contributed by atoms with E-state index in [1.807, 2.05) is 24.3 Å². The lowest BCUT2D eigenvalue weighted by Crippen LogP contribution is -2.70. The van der Waals surface area contributed by atoms with Gasteiger partial charge in [-0.15, -0.1) is 0 Å². The normalized spacial score (nSPS) is 24.4. The summed E-state index contributed by atoms with van der Waals surface area (Å²) in [6.07, 6.45) is -4.28. The molecule has 0 bridgehead atoms. The topological polar surface area (TPSA) is 85.4 Å². The number of rotatable bonds is 7. The van der Waals surface area contributed by atoms with E-state index in [0.717, 1.165) is 50.6 Å². The third-order valence-electron chi connectivity index (χ3n) is 10.9. The number of hydrogen-bond donors (Lipinski definition) is 1. The van der Waals surface area contributed by atoms with Gasteiger partial charge in [-0.1, -0.05) is 24.6 Å². The van der Waals surface area contributed by atoms with E-state index in [1.54, 1.807) is 4.90 Å². The summed E-state index contributed by atoms with van der Waals surface area (Å²) in [6.45, 7) is 2.75. The minimum absolute atomic E-state index is 0.0240.